The molecule has 0 aromatic heterocycles. The lowest BCUT2D eigenvalue weighted by Crippen LogP contribution is -2.49. The van der Waals surface area contributed by atoms with Gasteiger partial charge in [0.15, 0.2) is 0 Å². The van der Waals surface area contributed by atoms with Gasteiger partial charge in [0.25, 0.3) is 0 Å². The zero-order valence-corrected chi connectivity index (χ0v) is 21.5. The number of ether oxygens (including phenoxy) is 1. The van der Waals surface area contributed by atoms with E-state index in [1.807, 2.05) is 37.1 Å². The number of allylic oxidation sites excluding steroid dienone is 2. The average Bonchev–Trinajstić information content (AvgIpc) is 3.37. The van der Waals surface area contributed by atoms with Crippen molar-refractivity contribution in [2.75, 3.05) is 26.7 Å². The fraction of sp³-hybridized carbons (Fsp3) is 0.481. The third kappa shape index (κ3) is 5.61. The Labute approximate surface area is 208 Å². The fourth-order valence-corrected chi connectivity index (χ4v) is 6.69. The number of rotatable bonds is 7. The van der Waals surface area contributed by atoms with Crippen molar-refractivity contribution >= 4 is 15.6 Å². The van der Waals surface area contributed by atoms with Gasteiger partial charge in [-0.25, -0.2) is 12.8 Å². The summed E-state index contributed by atoms with van der Waals surface area (Å²) in [5, 5.41) is 9.82. The summed E-state index contributed by atoms with van der Waals surface area (Å²) in [4.78, 5) is 2.12. The predicted molar refractivity (Wildman–Crippen MR) is 135 cm³/mol. The first kappa shape index (κ1) is 25.8. The van der Waals surface area contributed by atoms with Crippen LogP contribution in [0.4, 0.5) is 4.39 Å². The number of aliphatic hydroxyl groups is 1. The van der Waals surface area contributed by atoms with Crippen LogP contribution in [0.2, 0.25) is 0 Å². The van der Waals surface area contributed by atoms with Crippen molar-refractivity contribution < 1.29 is 22.7 Å². The summed E-state index contributed by atoms with van der Waals surface area (Å²) in [6.45, 7) is 4.52. The molecule has 3 atom stereocenters. The molecule has 0 unspecified atom stereocenters. The summed E-state index contributed by atoms with van der Waals surface area (Å²) in [5.41, 5.74) is 2.78. The van der Waals surface area contributed by atoms with Crippen molar-refractivity contribution in [3.63, 3.8) is 0 Å². The largest absolute Gasteiger partial charge is 0.487 e. The normalized spacial score (nSPS) is 23.2. The van der Waals surface area contributed by atoms with E-state index in [-0.39, 0.29) is 35.9 Å². The van der Waals surface area contributed by atoms with E-state index in [0.717, 1.165) is 24.8 Å². The molecule has 0 fully saturated rings. The zero-order valence-electron chi connectivity index (χ0n) is 20.7. The molecule has 1 aliphatic heterocycles. The first-order valence-electron chi connectivity index (χ1n) is 12.3. The summed E-state index contributed by atoms with van der Waals surface area (Å²) in [7, 11) is -1.96. The molecule has 2 aliphatic rings. The third-order valence-corrected chi connectivity index (χ3v) is 8.99. The monoisotopic (exact) mass is 502 g/mol. The molecular formula is C27H35FN2O4S. The second-order valence-corrected chi connectivity index (χ2v) is 11.7. The van der Waals surface area contributed by atoms with Crippen molar-refractivity contribution in [3.8, 4) is 5.75 Å². The van der Waals surface area contributed by atoms with E-state index in [9.17, 15) is 17.9 Å². The molecule has 35 heavy (non-hydrogen) atoms. The standard InChI is InChI=1S/C27H35FN2O4S/c1-19-15-30(20(2)18-31)35(32,33)27-13-12-22(21-8-4-5-9-21)14-25(27)34-26(19)17-29(3)16-23-10-6-7-11-24(23)28/h6-8,10-14,19-20,26,31H,4-5,9,15-18H2,1-3H3/t19-,20+,26-/m0/s1. The van der Waals surface area contributed by atoms with E-state index >= 15 is 0 Å². The van der Waals surface area contributed by atoms with Gasteiger partial charge in [-0.15, -0.1) is 0 Å². The van der Waals surface area contributed by atoms with Crippen molar-refractivity contribution in [3.05, 3.63) is 65.5 Å². The predicted octanol–water partition coefficient (Wildman–Crippen LogP) is 4.29. The van der Waals surface area contributed by atoms with Gasteiger partial charge in [-0.05, 0) is 62.6 Å². The lowest BCUT2D eigenvalue weighted by molar-refractivity contribution is 0.0731. The second kappa shape index (κ2) is 10.8. The van der Waals surface area contributed by atoms with Gasteiger partial charge in [0.1, 0.15) is 22.6 Å². The second-order valence-electron chi connectivity index (χ2n) is 9.81. The molecule has 2 aromatic carbocycles. The van der Waals surface area contributed by atoms with Gasteiger partial charge in [0.05, 0.1) is 6.61 Å². The summed E-state index contributed by atoms with van der Waals surface area (Å²) in [6.07, 6.45) is 4.94. The highest BCUT2D eigenvalue weighted by Crippen LogP contribution is 2.37. The molecule has 0 saturated carbocycles. The maximum atomic E-state index is 14.2. The number of halogens is 1. The summed E-state index contributed by atoms with van der Waals surface area (Å²) in [5.74, 6) is -0.0783. The number of hydrogen-bond donors (Lipinski definition) is 1. The topological polar surface area (TPSA) is 70.1 Å². The van der Waals surface area contributed by atoms with Crippen LogP contribution in [-0.2, 0) is 16.6 Å². The van der Waals surface area contributed by atoms with Crippen molar-refractivity contribution in [1.29, 1.82) is 0 Å². The van der Waals surface area contributed by atoms with Crippen LogP contribution in [0.3, 0.4) is 0 Å². The van der Waals surface area contributed by atoms with E-state index in [4.69, 9.17) is 4.74 Å². The third-order valence-electron chi connectivity index (χ3n) is 6.97. The number of nitrogens with zero attached hydrogens (tertiary/aromatic N) is 2. The molecule has 190 valence electrons. The van der Waals surface area contributed by atoms with Gasteiger partial charge in [-0.2, -0.15) is 4.31 Å². The maximum Gasteiger partial charge on any atom is 0.247 e. The minimum Gasteiger partial charge on any atom is -0.487 e. The van der Waals surface area contributed by atoms with E-state index in [0.29, 0.717) is 24.4 Å². The number of aliphatic hydroxyl groups excluding tert-OH is 1. The van der Waals surface area contributed by atoms with Crippen LogP contribution < -0.4 is 4.74 Å². The Morgan fingerprint density at radius 1 is 1.26 bits per heavy atom. The lowest BCUT2D eigenvalue weighted by Gasteiger charge is -2.37. The van der Waals surface area contributed by atoms with Gasteiger partial charge in [-0.3, -0.25) is 4.90 Å². The van der Waals surface area contributed by atoms with Crippen LogP contribution in [0.1, 0.15) is 44.2 Å². The van der Waals surface area contributed by atoms with Gasteiger partial charge < -0.3 is 9.84 Å². The molecule has 2 aromatic rings. The molecule has 0 saturated heterocycles. The molecule has 8 heteroatoms. The number of hydrogen-bond acceptors (Lipinski definition) is 5. The Kier molecular flexibility index (Phi) is 7.96. The first-order valence-corrected chi connectivity index (χ1v) is 13.7. The molecule has 0 amide bonds. The number of fused-ring (bicyclic) bond motifs is 1. The van der Waals surface area contributed by atoms with Crippen LogP contribution in [0, 0.1) is 11.7 Å². The number of benzene rings is 2. The maximum absolute atomic E-state index is 14.2. The molecule has 6 nitrogen and oxygen atoms in total. The van der Waals surface area contributed by atoms with Crippen LogP contribution >= 0.6 is 0 Å². The molecule has 0 radical (unpaired) electrons. The van der Waals surface area contributed by atoms with Crippen molar-refractivity contribution in [1.82, 2.24) is 9.21 Å². The summed E-state index contributed by atoms with van der Waals surface area (Å²) < 4.78 is 49.3. The Morgan fingerprint density at radius 3 is 2.71 bits per heavy atom. The summed E-state index contributed by atoms with van der Waals surface area (Å²) >= 11 is 0. The van der Waals surface area contributed by atoms with E-state index in [1.165, 1.54) is 15.9 Å². The average molecular weight is 503 g/mol. The molecule has 4 rings (SSSR count). The van der Waals surface area contributed by atoms with Gasteiger partial charge in [0.2, 0.25) is 10.0 Å². The highest BCUT2D eigenvalue weighted by Gasteiger charge is 2.38. The highest BCUT2D eigenvalue weighted by atomic mass is 32.2. The first-order chi connectivity index (χ1) is 16.7. The van der Waals surface area contributed by atoms with Crippen molar-refractivity contribution in [2.45, 2.75) is 56.7 Å². The van der Waals surface area contributed by atoms with Crippen LogP contribution in [-0.4, -0.2) is 61.6 Å². The molecular weight excluding hydrogens is 467 g/mol. The minimum absolute atomic E-state index is 0.119. The quantitative estimate of drug-likeness (QED) is 0.612. The number of likely N-dealkylation sites (N-methyl/N-ethyl adjacent to an activating group) is 1. The Bertz CT molecular complexity index is 1180. The molecule has 1 aliphatic carbocycles. The van der Waals surface area contributed by atoms with E-state index in [2.05, 4.69) is 6.08 Å². The van der Waals surface area contributed by atoms with Crippen LogP contribution in [0.25, 0.3) is 5.57 Å². The van der Waals surface area contributed by atoms with E-state index < -0.39 is 16.1 Å². The van der Waals surface area contributed by atoms with Gasteiger partial charge >= 0.3 is 0 Å². The Morgan fingerprint density at radius 2 is 2.03 bits per heavy atom. The molecule has 1 heterocycles. The smallest absolute Gasteiger partial charge is 0.247 e. The molecule has 1 N–H and O–H groups in total. The molecule has 0 bridgehead atoms. The van der Waals surface area contributed by atoms with Crippen LogP contribution in [0.5, 0.6) is 5.75 Å². The van der Waals surface area contributed by atoms with Gasteiger partial charge in [-0.1, -0.05) is 37.3 Å². The lowest BCUT2D eigenvalue weighted by atomic mass is 10.0. The highest BCUT2D eigenvalue weighted by molar-refractivity contribution is 7.89. The van der Waals surface area contributed by atoms with E-state index in [1.54, 1.807) is 25.1 Å². The Balaban J connectivity index is 1.69. The van der Waals surface area contributed by atoms with Gasteiger partial charge in [0, 0.05) is 37.2 Å². The SMILES string of the molecule is C[C@H](CO)N1C[C@H](C)[C@H](CN(C)Cc2ccccc2F)Oc2cc(C3=CCCC3)ccc2S1(=O)=O. The molecule has 0 spiro atoms. The minimum atomic E-state index is -3.87. The number of sulfonamides is 1. The summed E-state index contributed by atoms with van der Waals surface area (Å²) in [6, 6.07) is 11.5. The fourth-order valence-electron chi connectivity index (χ4n) is 4.87. The zero-order chi connectivity index (χ0) is 25.2. The van der Waals surface area contributed by atoms with Crippen LogP contribution in [0.15, 0.2) is 53.4 Å². The van der Waals surface area contributed by atoms with Crippen molar-refractivity contribution in [2.24, 2.45) is 5.92 Å². The Hall–Kier alpha value is -2.26.